The Bertz CT molecular complexity index is 859. The minimum atomic E-state index is 0.190. The molecule has 0 aliphatic heterocycles. The van der Waals surface area contributed by atoms with E-state index in [2.05, 4.69) is 41.2 Å². The van der Waals surface area contributed by atoms with E-state index in [9.17, 15) is 4.79 Å². The molecule has 0 unspecified atom stereocenters. The summed E-state index contributed by atoms with van der Waals surface area (Å²) in [6.45, 7) is 4.93. The van der Waals surface area contributed by atoms with Crippen molar-refractivity contribution in [1.82, 2.24) is 19.7 Å². The Morgan fingerprint density at radius 2 is 1.69 bits per heavy atom. The Kier molecular flexibility index (Phi) is 6.17. The van der Waals surface area contributed by atoms with Gasteiger partial charge in [0.05, 0.1) is 5.75 Å². The average Bonchev–Trinajstić information content (AvgIpc) is 3.10. The summed E-state index contributed by atoms with van der Waals surface area (Å²) in [7, 11) is 0. The number of aromatic nitrogens is 4. The van der Waals surface area contributed by atoms with E-state index in [-0.39, 0.29) is 5.78 Å². The minimum absolute atomic E-state index is 0.190. The molecule has 0 aliphatic rings. The number of nitrogens with zero attached hydrogens (tertiary/aromatic N) is 4. The lowest BCUT2D eigenvalue weighted by Crippen LogP contribution is -2.07. The average molecular weight is 366 g/mol. The third kappa shape index (κ3) is 4.38. The van der Waals surface area contributed by atoms with Gasteiger partial charge in [-0.2, -0.15) is 0 Å². The second-order valence-electron chi connectivity index (χ2n) is 5.96. The van der Waals surface area contributed by atoms with E-state index in [0.29, 0.717) is 12.2 Å². The molecule has 0 N–H and O–H groups in total. The first-order valence-electron chi connectivity index (χ1n) is 8.77. The molecule has 0 radical (unpaired) electrons. The normalized spacial score (nSPS) is 10.8. The van der Waals surface area contributed by atoms with Crippen LogP contribution in [0.1, 0.15) is 25.0 Å². The number of Topliss-reactive ketones (excluding diaryl/α,β-unsaturated/α-hetero) is 1. The molecule has 0 atom stereocenters. The predicted molar refractivity (Wildman–Crippen MR) is 104 cm³/mol. The number of pyridine rings is 1. The molecule has 1 aromatic carbocycles. The molecule has 0 amide bonds. The van der Waals surface area contributed by atoms with Gasteiger partial charge in [0.2, 0.25) is 0 Å². The van der Waals surface area contributed by atoms with Crippen LogP contribution < -0.4 is 0 Å². The summed E-state index contributed by atoms with van der Waals surface area (Å²) in [6.07, 6.45) is 4.94. The summed E-state index contributed by atoms with van der Waals surface area (Å²) < 4.78 is 2.03. The van der Waals surface area contributed by atoms with Gasteiger partial charge in [-0.1, -0.05) is 43.0 Å². The van der Waals surface area contributed by atoms with Gasteiger partial charge in [-0.3, -0.25) is 9.78 Å². The molecule has 0 bridgehead atoms. The van der Waals surface area contributed by atoms with Gasteiger partial charge < -0.3 is 4.57 Å². The number of rotatable bonds is 8. The highest BCUT2D eigenvalue weighted by molar-refractivity contribution is 7.99. The highest BCUT2D eigenvalue weighted by atomic mass is 32.2. The Balaban J connectivity index is 1.64. The van der Waals surface area contributed by atoms with Crippen molar-refractivity contribution in [2.24, 2.45) is 0 Å². The smallest absolute Gasteiger partial charge is 0.191 e. The van der Waals surface area contributed by atoms with Crippen molar-refractivity contribution in [3.63, 3.8) is 0 Å². The summed E-state index contributed by atoms with van der Waals surface area (Å²) in [5.41, 5.74) is 3.32. The zero-order valence-corrected chi connectivity index (χ0v) is 15.9. The highest BCUT2D eigenvalue weighted by Gasteiger charge is 2.14. The van der Waals surface area contributed by atoms with Crippen LogP contribution in [-0.2, 0) is 24.2 Å². The zero-order valence-electron chi connectivity index (χ0n) is 15.1. The summed E-state index contributed by atoms with van der Waals surface area (Å²) in [5.74, 6) is 1.39. The fourth-order valence-corrected chi connectivity index (χ4v) is 3.57. The fraction of sp³-hybridized carbons (Fsp3) is 0.300. The van der Waals surface area contributed by atoms with Crippen molar-refractivity contribution in [2.75, 3.05) is 5.75 Å². The Labute approximate surface area is 157 Å². The van der Waals surface area contributed by atoms with Crippen LogP contribution in [0.25, 0.3) is 11.4 Å². The molecular weight excluding hydrogens is 344 g/mol. The molecule has 0 aliphatic carbocycles. The van der Waals surface area contributed by atoms with Crippen LogP contribution in [-0.4, -0.2) is 31.3 Å². The predicted octanol–water partition coefficient (Wildman–Crippen LogP) is 3.83. The molecule has 26 heavy (non-hydrogen) atoms. The monoisotopic (exact) mass is 366 g/mol. The van der Waals surface area contributed by atoms with E-state index < -0.39 is 0 Å². The Morgan fingerprint density at radius 3 is 2.35 bits per heavy atom. The topological polar surface area (TPSA) is 60.7 Å². The molecule has 5 nitrogen and oxygen atoms in total. The van der Waals surface area contributed by atoms with Crippen molar-refractivity contribution >= 4 is 17.5 Å². The van der Waals surface area contributed by atoms with E-state index in [4.69, 9.17) is 0 Å². The largest absolute Gasteiger partial charge is 0.302 e. The van der Waals surface area contributed by atoms with Gasteiger partial charge in [0.15, 0.2) is 11.0 Å². The Hall–Kier alpha value is -2.47. The Morgan fingerprint density at radius 1 is 1.00 bits per heavy atom. The lowest BCUT2D eigenvalue weighted by atomic mass is 10.1. The van der Waals surface area contributed by atoms with Crippen LogP contribution in [0.4, 0.5) is 0 Å². The standard InChI is InChI=1S/C20H22N4OS/c1-3-15-5-7-16(8-6-15)13-18(25)14-26-20-23-22-19(24(20)4-2)17-9-11-21-12-10-17/h5-12H,3-4,13-14H2,1-2H3. The van der Waals surface area contributed by atoms with Crippen LogP contribution in [0.15, 0.2) is 53.9 Å². The van der Waals surface area contributed by atoms with Crippen LogP contribution in [0.2, 0.25) is 0 Å². The van der Waals surface area contributed by atoms with Gasteiger partial charge in [-0.05, 0) is 36.6 Å². The summed E-state index contributed by atoms with van der Waals surface area (Å²) in [6, 6.07) is 12.1. The molecule has 0 spiro atoms. The molecule has 2 aromatic heterocycles. The van der Waals surface area contributed by atoms with Crippen molar-refractivity contribution in [3.05, 3.63) is 59.9 Å². The van der Waals surface area contributed by atoms with Crippen LogP contribution in [0.3, 0.4) is 0 Å². The van der Waals surface area contributed by atoms with E-state index in [1.54, 1.807) is 12.4 Å². The van der Waals surface area contributed by atoms with Gasteiger partial charge >= 0.3 is 0 Å². The molecule has 2 heterocycles. The number of ketones is 1. The quantitative estimate of drug-likeness (QED) is 0.567. The maximum absolute atomic E-state index is 12.3. The second kappa shape index (κ2) is 8.76. The van der Waals surface area contributed by atoms with Crippen LogP contribution in [0, 0.1) is 0 Å². The molecule has 134 valence electrons. The lowest BCUT2D eigenvalue weighted by Gasteiger charge is -2.07. The van der Waals surface area contributed by atoms with Crippen molar-refractivity contribution < 1.29 is 4.79 Å². The number of benzene rings is 1. The van der Waals surface area contributed by atoms with Gasteiger partial charge in [0, 0.05) is 30.9 Å². The third-order valence-electron chi connectivity index (χ3n) is 4.17. The maximum atomic E-state index is 12.3. The van der Waals surface area contributed by atoms with Crippen LogP contribution >= 0.6 is 11.8 Å². The maximum Gasteiger partial charge on any atom is 0.191 e. The minimum Gasteiger partial charge on any atom is -0.302 e. The number of carbonyl (C=O) groups excluding carboxylic acids is 1. The first-order valence-corrected chi connectivity index (χ1v) is 9.75. The summed E-state index contributed by atoms with van der Waals surface area (Å²) in [5, 5.41) is 9.33. The third-order valence-corrected chi connectivity index (χ3v) is 5.19. The van der Waals surface area contributed by atoms with Gasteiger partial charge in [-0.15, -0.1) is 10.2 Å². The molecule has 6 heteroatoms. The second-order valence-corrected chi connectivity index (χ2v) is 6.90. The number of hydrogen-bond donors (Lipinski definition) is 0. The SMILES string of the molecule is CCc1ccc(CC(=O)CSc2nnc(-c3ccncc3)n2CC)cc1. The first kappa shape index (κ1) is 18.3. The number of thioether (sulfide) groups is 1. The van der Waals surface area contributed by atoms with Crippen LogP contribution in [0.5, 0.6) is 0 Å². The highest BCUT2D eigenvalue weighted by Crippen LogP contribution is 2.23. The molecule has 3 rings (SSSR count). The van der Waals surface area contributed by atoms with E-state index in [0.717, 1.165) is 35.1 Å². The van der Waals surface area contributed by atoms with Crippen molar-refractivity contribution in [2.45, 2.75) is 38.4 Å². The number of aryl methyl sites for hydroxylation is 1. The number of hydrogen-bond acceptors (Lipinski definition) is 5. The fourth-order valence-electron chi connectivity index (χ4n) is 2.71. The van der Waals surface area contributed by atoms with E-state index in [1.165, 1.54) is 17.3 Å². The van der Waals surface area contributed by atoms with Crippen molar-refractivity contribution in [3.8, 4) is 11.4 Å². The van der Waals surface area contributed by atoms with E-state index >= 15 is 0 Å². The van der Waals surface area contributed by atoms with Crippen molar-refractivity contribution in [1.29, 1.82) is 0 Å². The molecule has 0 fully saturated rings. The van der Waals surface area contributed by atoms with Gasteiger partial charge in [0.25, 0.3) is 0 Å². The van der Waals surface area contributed by atoms with Gasteiger partial charge in [-0.25, -0.2) is 0 Å². The van der Waals surface area contributed by atoms with Gasteiger partial charge in [0.1, 0.15) is 5.78 Å². The molecular formula is C20H22N4OS. The molecule has 3 aromatic rings. The zero-order chi connectivity index (χ0) is 18.4. The molecule has 0 saturated carbocycles. The first-order chi connectivity index (χ1) is 12.7. The lowest BCUT2D eigenvalue weighted by molar-refractivity contribution is -0.116. The summed E-state index contributed by atoms with van der Waals surface area (Å²) in [4.78, 5) is 16.4. The molecule has 0 saturated heterocycles. The number of carbonyl (C=O) groups is 1. The van der Waals surface area contributed by atoms with E-state index in [1.807, 2.05) is 28.8 Å². The summed E-state index contributed by atoms with van der Waals surface area (Å²) >= 11 is 1.45.